The average molecular weight is 551 g/mol. The average Bonchev–Trinajstić information content (AvgIpc) is 3.64. The van der Waals surface area contributed by atoms with Crippen molar-refractivity contribution in [1.29, 1.82) is 0 Å². The van der Waals surface area contributed by atoms with Crippen molar-refractivity contribution in [3.63, 3.8) is 0 Å². The molecule has 3 aromatic heterocycles. The van der Waals surface area contributed by atoms with Gasteiger partial charge in [0.1, 0.15) is 17.2 Å². The molecule has 1 spiro atoms. The van der Waals surface area contributed by atoms with Crippen molar-refractivity contribution < 1.29 is 32.5 Å². The molecule has 40 heavy (non-hydrogen) atoms. The molecule has 206 valence electrons. The van der Waals surface area contributed by atoms with Crippen LogP contribution in [0.25, 0.3) is 22.3 Å². The molecule has 2 atom stereocenters. The number of aliphatic hydroxyl groups is 1. The summed E-state index contributed by atoms with van der Waals surface area (Å²) in [4.78, 5) is 13.5. The SMILES string of the molecule is O[C@@H]1C[C@H](c2ccccc2OC(F)F)c2c1nc1cc(F)c(-c3cnc(C4=CCC5(CC4)OCCO5)nc3)cn21. The van der Waals surface area contributed by atoms with E-state index in [1.54, 1.807) is 41.2 Å². The minimum absolute atomic E-state index is 0.0258. The summed E-state index contributed by atoms with van der Waals surface area (Å²) in [6, 6.07) is 7.77. The van der Waals surface area contributed by atoms with Crippen LogP contribution in [-0.2, 0) is 9.47 Å². The zero-order chi connectivity index (χ0) is 27.4. The molecule has 4 heterocycles. The Morgan fingerprint density at radius 3 is 2.62 bits per heavy atom. The van der Waals surface area contributed by atoms with E-state index >= 15 is 4.39 Å². The summed E-state index contributed by atoms with van der Waals surface area (Å²) in [6.45, 7) is -1.80. The number of ether oxygens (including phenoxy) is 3. The first-order valence-corrected chi connectivity index (χ1v) is 13.1. The number of hydrogen-bond donors (Lipinski definition) is 1. The number of allylic oxidation sites excluding steroid dienone is 1. The molecule has 8 nitrogen and oxygen atoms in total. The summed E-state index contributed by atoms with van der Waals surface area (Å²) in [5, 5.41) is 10.8. The molecule has 3 aliphatic rings. The Morgan fingerprint density at radius 1 is 1.12 bits per heavy atom. The number of para-hydroxylation sites is 1. The van der Waals surface area contributed by atoms with Gasteiger partial charge in [-0.05, 0) is 24.5 Å². The van der Waals surface area contributed by atoms with E-state index in [2.05, 4.69) is 15.0 Å². The van der Waals surface area contributed by atoms with Crippen LogP contribution in [0.3, 0.4) is 0 Å². The second-order valence-electron chi connectivity index (χ2n) is 10.2. The fourth-order valence-electron chi connectivity index (χ4n) is 6.00. The summed E-state index contributed by atoms with van der Waals surface area (Å²) in [5.74, 6) is -0.946. The van der Waals surface area contributed by atoms with Gasteiger partial charge in [-0.25, -0.2) is 19.3 Å². The van der Waals surface area contributed by atoms with Crippen LogP contribution in [-0.4, -0.2) is 50.1 Å². The van der Waals surface area contributed by atoms with Gasteiger partial charge in [-0.3, -0.25) is 0 Å². The zero-order valence-electron chi connectivity index (χ0n) is 21.3. The highest BCUT2D eigenvalue weighted by molar-refractivity contribution is 5.67. The maximum Gasteiger partial charge on any atom is 0.387 e. The molecule has 1 aromatic carbocycles. The van der Waals surface area contributed by atoms with Gasteiger partial charge in [0.25, 0.3) is 0 Å². The number of imidazole rings is 1. The minimum atomic E-state index is -2.99. The molecule has 1 fully saturated rings. The van der Waals surface area contributed by atoms with Crippen molar-refractivity contribution in [1.82, 2.24) is 19.4 Å². The van der Waals surface area contributed by atoms with Crippen molar-refractivity contribution >= 4 is 11.2 Å². The molecule has 1 aliphatic heterocycles. The summed E-state index contributed by atoms with van der Waals surface area (Å²) < 4.78 is 59.5. The van der Waals surface area contributed by atoms with Crippen molar-refractivity contribution in [2.45, 2.75) is 50.1 Å². The molecule has 11 heteroatoms. The molecule has 7 rings (SSSR count). The van der Waals surface area contributed by atoms with Gasteiger partial charge < -0.3 is 23.7 Å². The van der Waals surface area contributed by atoms with Crippen molar-refractivity contribution in [3.05, 3.63) is 83.6 Å². The van der Waals surface area contributed by atoms with Crippen LogP contribution in [0.4, 0.5) is 13.2 Å². The van der Waals surface area contributed by atoms with Gasteiger partial charge in [-0.2, -0.15) is 8.78 Å². The van der Waals surface area contributed by atoms with Gasteiger partial charge in [-0.1, -0.05) is 24.3 Å². The lowest BCUT2D eigenvalue weighted by molar-refractivity contribution is -0.159. The van der Waals surface area contributed by atoms with E-state index in [4.69, 9.17) is 14.2 Å². The molecule has 0 bridgehead atoms. The predicted molar refractivity (Wildman–Crippen MR) is 137 cm³/mol. The van der Waals surface area contributed by atoms with E-state index in [1.807, 2.05) is 6.08 Å². The normalized spacial score (nSPS) is 21.8. The summed E-state index contributed by atoms with van der Waals surface area (Å²) in [7, 11) is 0. The number of halogens is 3. The smallest absolute Gasteiger partial charge is 0.387 e. The third kappa shape index (κ3) is 4.25. The Morgan fingerprint density at radius 2 is 1.90 bits per heavy atom. The van der Waals surface area contributed by atoms with Crippen LogP contribution in [0.5, 0.6) is 5.75 Å². The first-order valence-electron chi connectivity index (χ1n) is 13.1. The Kier molecular flexibility index (Phi) is 6.10. The van der Waals surface area contributed by atoms with Crippen molar-refractivity contribution in [2.75, 3.05) is 13.2 Å². The molecular formula is C29H25F3N4O4. The van der Waals surface area contributed by atoms with Gasteiger partial charge in [0.2, 0.25) is 0 Å². The van der Waals surface area contributed by atoms with Gasteiger partial charge in [0.15, 0.2) is 11.6 Å². The predicted octanol–water partition coefficient (Wildman–Crippen LogP) is 5.41. The minimum Gasteiger partial charge on any atom is -0.435 e. The Hall–Kier alpha value is -3.80. The summed E-state index contributed by atoms with van der Waals surface area (Å²) in [5.41, 5.74) is 3.50. The van der Waals surface area contributed by atoms with Crippen LogP contribution >= 0.6 is 0 Å². The number of benzene rings is 1. The standard InChI is InChI=1S/C29H25F3N4O4/c30-21-12-24-35-25-22(37)11-19(18-3-1-2-4-23(18)40-28(31)32)26(25)36(24)15-20(21)17-13-33-27(34-14-17)16-5-7-29(8-6-16)38-9-10-39-29/h1-5,12-15,19,22,28,37H,6-11H2/t19-,22-/m1/s1. The van der Waals surface area contributed by atoms with E-state index in [0.29, 0.717) is 60.0 Å². The van der Waals surface area contributed by atoms with Crippen LogP contribution in [0.1, 0.15) is 60.5 Å². The number of rotatable bonds is 5. The van der Waals surface area contributed by atoms with E-state index < -0.39 is 30.2 Å². The lowest BCUT2D eigenvalue weighted by Crippen LogP contribution is -2.31. The van der Waals surface area contributed by atoms with E-state index in [9.17, 15) is 13.9 Å². The quantitative estimate of drug-likeness (QED) is 0.355. The van der Waals surface area contributed by atoms with Gasteiger partial charge in [0.05, 0.1) is 30.7 Å². The van der Waals surface area contributed by atoms with Crippen LogP contribution < -0.4 is 4.74 Å². The Balaban J connectivity index is 1.24. The van der Waals surface area contributed by atoms with E-state index in [1.165, 1.54) is 12.1 Å². The topological polar surface area (TPSA) is 91.0 Å². The molecule has 0 saturated carbocycles. The Labute approximate surface area is 227 Å². The highest BCUT2D eigenvalue weighted by atomic mass is 19.3. The molecule has 1 N–H and O–H groups in total. The van der Waals surface area contributed by atoms with Crippen molar-refractivity contribution in [3.8, 4) is 16.9 Å². The summed E-state index contributed by atoms with van der Waals surface area (Å²) >= 11 is 0. The number of aromatic nitrogens is 4. The highest BCUT2D eigenvalue weighted by Crippen LogP contribution is 2.47. The molecule has 2 aliphatic carbocycles. The Bertz CT molecular complexity index is 1620. The monoisotopic (exact) mass is 550 g/mol. The van der Waals surface area contributed by atoms with Crippen LogP contribution in [0.15, 0.2) is 55.0 Å². The highest BCUT2D eigenvalue weighted by Gasteiger charge is 2.39. The molecule has 0 unspecified atom stereocenters. The third-order valence-corrected chi connectivity index (χ3v) is 7.89. The fourth-order valence-corrected chi connectivity index (χ4v) is 6.00. The molecule has 0 radical (unpaired) electrons. The number of alkyl halides is 2. The molecule has 0 amide bonds. The maximum atomic E-state index is 15.3. The fraction of sp³-hybridized carbons (Fsp3) is 0.345. The maximum absolute atomic E-state index is 15.3. The first-order chi connectivity index (χ1) is 19.4. The first kappa shape index (κ1) is 25.2. The van der Waals surface area contributed by atoms with E-state index in [-0.39, 0.29) is 17.7 Å². The number of fused-ring (bicyclic) bond motifs is 3. The van der Waals surface area contributed by atoms with Crippen LogP contribution in [0.2, 0.25) is 0 Å². The van der Waals surface area contributed by atoms with Crippen LogP contribution in [0, 0.1) is 5.82 Å². The largest absolute Gasteiger partial charge is 0.435 e. The lowest BCUT2D eigenvalue weighted by atomic mass is 9.93. The number of hydrogen-bond acceptors (Lipinski definition) is 7. The third-order valence-electron chi connectivity index (χ3n) is 7.89. The number of nitrogens with zero attached hydrogens (tertiary/aromatic N) is 4. The van der Waals surface area contributed by atoms with Gasteiger partial charge in [-0.15, -0.1) is 0 Å². The lowest BCUT2D eigenvalue weighted by Gasteiger charge is -2.30. The zero-order valence-corrected chi connectivity index (χ0v) is 21.3. The number of pyridine rings is 1. The van der Waals surface area contributed by atoms with Gasteiger partial charge in [0, 0.05) is 60.1 Å². The van der Waals surface area contributed by atoms with E-state index in [0.717, 1.165) is 12.0 Å². The second-order valence-corrected chi connectivity index (χ2v) is 10.2. The van der Waals surface area contributed by atoms with Crippen molar-refractivity contribution in [2.24, 2.45) is 0 Å². The summed E-state index contributed by atoms with van der Waals surface area (Å²) in [6.07, 6.45) is 8.15. The molecular weight excluding hydrogens is 525 g/mol. The molecule has 4 aromatic rings. The molecule has 1 saturated heterocycles. The van der Waals surface area contributed by atoms with Gasteiger partial charge >= 0.3 is 6.61 Å². The number of aliphatic hydroxyl groups excluding tert-OH is 1. The second kappa shape index (κ2) is 9.69.